The van der Waals surface area contributed by atoms with Crippen LogP contribution in [0.15, 0.2) is 41.5 Å². The molecule has 1 atom stereocenters. The van der Waals surface area contributed by atoms with Gasteiger partial charge in [-0.25, -0.2) is 14.6 Å². The molecule has 0 radical (unpaired) electrons. The van der Waals surface area contributed by atoms with Crippen molar-refractivity contribution in [2.45, 2.75) is 25.4 Å². The van der Waals surface area contributed by atoms with E-state index in [-0.39, 0.29) is 50.0 Å². The zero-order chi connectivity index (χ0) is 28.3. The van der Waals surface area contributed by atoms with E-state index in [1.54, 1.807) is 0 Å². The van der Waals surface area contributed by atoms with Gasteiger partial charge in [0.05, 0.1) is 19.5 Å². The molecule has 0 bridgehead atoms. The Labute approximate surface area is 211 Å². The molecule has 0 aliphatic rings. The largest absolute Gasteiger partial charge is 0.490 e. The van der Waals surface area contributed by atoms with Crippen LogP contribution in [0.25, 0.3) is 11.2 Å². The average molecular weight is 543 g/mol. The van der Waals surface area contributed by atoms with E-state index < -0.39 is 35.6 Å². The quantitative estimate of drug-likeness (QED) is 0.163. The number of nitrogen functional groups attached to an aromatic ring is 1. The van der Waals surface area contributed by atoms with Crippen molar-refractivity contribution in [3.05, 3.63) is 52.6 Å². The lowest BCUT2D eigenvalue weighted by molar-refractivity contribution is -0.192. The average Bonchev–Trinajstić information content (AvgIpc) is 3.26. The molecule has 38 heavy (non-hydrogen) atoms. The first kappa shape index (κ1) is 29.7. The number of fused-ring (bicyclic) bond motifs is 1. The number of aromatic nitrogens is 4. The molecular weight excluding hydrogens is 519 g/mol. The summed E-state index contributed by atoms with van der Waals surface area (Å²) < 4.78 is 43.9. The predicted octanol–water partition coefficient (Wildman–Crippen LogP) is -0.461. The summed E-state index contributed by atoms with van der Waals surface area (Å²) in [6.07, 6.45) is -3.41. The molecule has 0 spiro atoms. The number of halogens is 3. The Hall–Kier alpha value is -4.51. The number of hydrogen-bond acceptors (Lipinski definition) is 10. The van der Waals surface area contributed by atoms with Crippen molar-refractivity contribution in [2.75, 3.05) is 25.5 Å². The van der Waals surface area contributed by atoms with Crippen LogP contribution >= 0.6 is 0 Å². The van der Waals surface area contributed by atoms with Gasteiger partial charge in [0.25, 0.3) is 5.56 Å². The Bertz CT molecular complexity index is 1300. The number of hydrogen-bond donors (Lipinski definition) is 5. The number of carboxylic acids is 1. The fraction of sp³-hybridized carbons (Fsp3) is 0.333. The molecule has 3 rings (SSSR count). The summed E-state index contributed by atoms with van der Waals surface area (Å²) in [6.45, 7) is -0.165. The first-order valence-electron chi connectivity index (χ1n) is 10.7. The molecule has 14 nitrogen and oxygen atoms in total. The molecule has 0 fully saturated rings. The Kier molecular flexibility index (Phi) is 10.7. The van der Waals surface area contributed by atoms with E-state index in [4.69, 9.17) is 30.8 Å². The second-order valence-corrected chi connectivity index (χ2v) is 7.36. The van der Waals surface area contributed by atoms with Crippen LogP contribution in [0.2, 0.25) is 0 Å². The number of aromatic amines is 1. The lowest BCUT2D eigenvalue weighted by Gasteiger charge is -2.17. The summed E-state index contributed by atoms with van der Waals surface area (Å²) in [5, 5.41) is 9.69. The Morgan fingerprint density at radius 2 is 1.84 bits per heavy atom. The third kappa shape index (κ3) is 9.17. The van der Waals surface area contributed by atoms with Crippen LogP contribution in [0, 0.1) is 0 Å². The van der Waals surface area contributed by atoms with Gasteiger partial charge in [0.2, 0.25) is 11.9 Å². The van der Waals surface area contributed by atoms with Crippen molar-refractivity contribution in [3.8, 4) is 0 Å². The summed E-state index contributed by atoms with van der Waals surface area (Å²) in [5.74, 6) is -3.84. The van der Waals surface area contributed by atoms with Crippen LogP contribution in [0.3, 0.4) is 0 Å². The van der Waals surface area contributed by atoms with E-state index in [0.29, 0.717) is 0 Å². The molecule has 206 valence electrons. The molecule has 0 saturated carbocycles. The lowest BCUT2D eigenvalue weighted by Crippen LogP contribution is -2.45. The smallest absolute Gasteiger partial charge is 0.475 e. The van der Waals surface area contributed by atoms with Crippen LogP contribution in [0.5, 0.6) is 0 Å². The highest BCUT2D eigenvalue weighted by Gasteiger charge is 2.38. The zero-order valence-corrected chi connectivity index (χ0v) is 19.6. The van der Waals surface area contributed by atoms with Gasteiger partial charge in [-0.2, -0.15) is 18.2 Å². The van der Waals surface area contributed by atoms with E-state index in [0.717, 1.165) is 5.56 Å². The number of esters is 1. The van der Waals surface area contributed by atoms with Gasteiger partial charge in [0, 0.05) is 6.42 Å². The predicted molar refractivity (Wildman–Crippen MR) is 124 cm³/mol. The van der Waals surface area contributed by atoms with Crippen molar-refractivity contribution in [3.63, 3.8) is 0 Å². The maximum atomic E-state index is 12.4. The highest BCUT2D eigenvalue weighted by atomic mass is 19.4. The number of nitrogens with two attached hydrogens (primary N) is 2. The topological polar surface area (TPSA) is 218 Å². The van der Waals surface area contributed by atoms with Crippen molar-refractivity contribution >= 4 is 35.0 Å². The number of carbonyl (C=O) groups excluding carboxylic acids is 2. The molecule has 0 aliphatic carbocycles. The molecule has 0 saturated heterocycles. The molecule has 2 heterocycles. The minimum Gasteiger partial charge on any atom is -0.475 e. The van der Waals surface area contributed by atoms with E-state index in [9.17, 15) is 27.6 Å². The van der Waals surface area contributed by atoms with Gasteiger partial charge in [-0.15, -0.1) is 0 Å². The number of ether oxygens (including phenoxy) is 2. The monoisotopic (exact) mass is 543 g/mol. The summed E-state index contributed by atoms with van der Waals surface area (Å²) >= 11 is 0. The SMILES string of the molecule is NCC(=O)N[C@@H](Cc1ccccc1)C(=O)OCCOCn1cnc2c(=O)[nH]c(N)nc21.O=C(O)C(F)(F)F. The second kappa shape index (κ2) is 13.7. The highest BCUT2D eigenvalue weighted by molar-refractivity contribution is 5.85. The first-order chi connectivity index (χ1) is 17.9. The molecule has 1 aromatic carbocycles. The van der Waals surface area contributed by atoms with E-state index in [1.807, 2.05) is 30.3 Å². The maximum Gasteiger partial charge on any atom is 0.490 e. The van der Waals surface area contributed by atoms with Gasteiger partial charge >= 0.3 is 18.1 Å². The number of carbonyl (C=O) groups is 3. The number of nitrogens with one attached hydrogen (secondary N) is 2. The van der Waals surface area contributed by atoms with Gasteiger partial charge in [-0.3, -0.25) is 19.1 Å². The van der Waals surface area contributed by atoms with Gasteiger partial charge in [0.15, 0.2) is 11.2 Å². The van der Waals surface area contributed by atoms with Crippen LogP contribution in [-0.4, -0.2) is 74.4 Å². The van der Waals surface area contributed by atoms with Crippen LogP contribution in [0.1, 0.15) is 5.56 Å². The number of benzene rings is 1. The lowest BCUT2D eigenvalue weighted by atomic mass is 10.1. The van der Waals surface area contributed by atoms with Crippen LogP contribution in [-0.2, 0) is 37.0 Å². The minimum absolute atomic E-state index is 0.0291. The standard InChI is InChI=1S/C19H23N7O5.C2HF3O2/c20-9-14(27)23-13(8-12-4-2-1-3-5-12)18(29)31-7-6-30-11-26-10-22-15-16(26)24-19(21)25-17(15)28;3-2(4,5)1(6)7/h1-5,10,13H,6-9,11,20H2,(H,23,27)(H3,21,24,25,28);(H,6,7)/t13-;/m0./s1. The number of nitrogens with zero attached hydrogens (tertiary/aromatic N) is 3. The van der Waals surface area contributed by atoms with Crippen LogP contribution in [0.4, 0.5) is 19.1 Å². The van der Waals surface area contributed by atoms with E-state index >= 15 is 0 Å². The molecule has 2 aromatic heterocycles. The number of alkyl halides is 3. The third-order valence-electron chi connectivity index (χ3n) is 4.53. The summed E-state index contributed by atoms with van der Waals surface area (Å²) in [7, 11) is 0. The van der Waals surface area contributed by atoms with Crippen molar-refractivity contribution in [1.29, 1.82) is 0 Å². The molecule has 0 aliphatic heterocycles. The number of imidazole rings is 1. The second-order valence-electron chi connectivity index (χ2n) is 7.36. The molecule has 0 unspecified atom stereocenters. The number of carboxylic acid groups (broad SMARTS) is 1. The Morgan fingerprint density at radius 1 is 1.18 bits per heavy atom. The van der Waals surface area contributed by atoms with Crippen molar-refractivity contribution < 1.29 is 42.1 Å². The minimum atomic E-state index is -5.08. The first-order valence-corrected chi connectivity index (χ1v) is 10.7. The van der Waals surface area contributed by atoms with Crippen LogP contribution < -0.4 is 22.3 Å². The fourth-order valence-corrected chi connectivity index (χ4v) is 2.83. The van der Waals surface area contributed by atoms with Gasteiger partial charge in [-0.1, -0.05) is 30.3 Å². The van der Waals surface area contributed by atoms with Crippen molar-refractivity contribution in [1.82, 2.24) is 24.8 Å². The summed E-state index contributed by atoms with van der Waals surface area (Å²) in [5.41, 5.74) is 11.7. The normalized spacial score (nSPS) is 11.8. The molecule has 1 amide bonds. The molecule has 7 N–H and O–H groups in total. The van der Waals surface area contributed by atoms with Gasteiger partial charge in [-0.05, 0) is 5.56 Å². The molecule has 17 heteroatoms. The highest BCUT2D eigenvalue weighted by Crippen LogP contribution is 2.13. The van der Waals surface area contributed by atoms with Crippen molar-refractivity contribution in [2.24, 2.45) is 5.73 Å². The zero-order valence-electron chi connectivity index (χ0n) is 19.6. The Morgan fingerprint density at radius 3 is 2.45 bits per heavy atom. The Balaban J connectivity index is 0.000000638. The fourth-order valence-electron chi connectivity index (χ4n) is 2.83. The number of amides is 1. The van der Waals surface area contributed by atoms with Gasteiger partial charge < -0.3 is 31.4 Å². The molecule has 3 aromatic rings. The van der Waals surface area contributed by atoms with E-state index in [2.05, 4.69) is 20.3 Å². The summed E-state index contributed by atoms with van der Waals surface area (Å²) in [4.78, 5) is 55.1. The summed E-state index contributed by atoms with van der Waals surface area (Å²) in [6, 6.07) is 8.36. The number of anilines is 1. The maximum absolute atomic E-state index is 12.4. The number of rotatable bonds is 10. The van der Waals surface area contributed by atoms with Gasteiger partial charge in [0.1, 0.15) is 19.4 Å². The molecular formula is C21H24F3N7O7. The number of H-pyrrole nitrogens is 1. The number of aliphatic carboxylic acids is 1. The third-order valence-corrected chi connectivity index (χ3v) is 4.53. The van der Waals surface area contributed by atoms with E-state index in [1.165, 1.54) is 10.9 Å².